The maximum atomic E-state index is 10.5. The highest BCUT2D eigenvalue weighted by atomic mass is 16.5. The third-order valence-electron chi connectivity index (χ3n) is 2.55. The Kier molecular flexibility index (Phi) is 5.01. The second-order valence-corrected chi connectivity index (χ2v) is 3.70. The molecule has 1 aliphatic heterocycles. The molecule has 0 aromatic heterocycles. The lowest BCUT2D eigenvalue weighted by Gasteiger charge is -2.32. The molecule has 2 unspecified atom stereocenters. The number of ether oxygens (including phenoxy) is 2. The van der Waals surface area contributed by atoms with E-state index in [9.17, 15) is 4.79 Å². The molecule has 0 radical (unpaired) electrons. The zero-order valence-corrected chi connectivity index (χ0v) is 9.31. The summed E-state index contributed by atoms with van der Waals surface area (Å²) in [7, 11) is 0. The van der Waals surface area contributed by atoms with Crippen LogP contribution in [-0.2, 0) is 14.3 Å². The van der Waals surface area contributed by atoms with Crippen LogP contribution in [0.5, 0.6) is 0 Å². The van der Waals surface area contributed by atoms with Crippen molar-refractivity contribution in [2.75, 3.05) is 32.8 Å². The Labute approximate surface area is 90.0 Å². The SMILES string of the molecule is CCN1CCOC(COC(C)C(=O)O)C1. The Morgan fingerprint density at radius 3 is 3.07 bits per heavy atom. The third-order valence-corrected chi connectivity index (χ3v) is 2.55. The summed E-state index contributed by atoms with van der Waals surface area (Å²) < 4.78 is 10.7. The van der Waals surface area contributed by atoms with E-state index < -0.39 is 12.1 Å². The quantitative estimate of drug-likeness (QED) is 0.712. The first-order valence-corrected chi connectivity index (χ1v) is 5.31. The van der Waals surface area contributed by atoms with Crippen LogP contribution in [0.1, 0.15) is 13.8 Å². The number of aliphatic carboxylic acids is 1. The molecule has 0 saturated carbocycles. The molecule has 1 saturated heterocycles. The van der Waals surface area contributed by atoms with Gasteiger partial charge in [0.05, 0.1) is 19.3 Å². The van der Waals surface area contributed by atoms with E-state index in [0.29, 0.717) is 13.2 Å². The number of hydrogen-bond acceptors (Lipinski definition) is 4. The Bertz CT molecular complexity index is 210. The predicted octanol–water partition coefficient (Wildman–Crippen LogP) is 0.197. The van der Waals surface area contributed by atoms with Crippen molar-refractivity contribution in [3.05, 3.63) is 0 Å². The molecule has 0 aromatic rings. The molecule has 2 atom stereocenters. The third kappa shape index (κ3) is 4.15. The highest BCUT2D eigenvalue weighted by molar-refractivity contribution is 5.71. The molecule has 0 aromatic carbocycles. The smallest absolute Gasteiger partial charge is 0.332 e. The van der Waals surface area contributed by atoms with Crippen molar-refractivity contribution in [2.24, 2.45) is 0 Å². The molecule has 1 N–H and O–H groups in total. The molecule has 1 aliphatic rings. The Balaban J connectivity index is 2.23. The number of carboxylic acids is 1. The molecule has 1 rings (SSSR count). The lowest BCUT2D eigenvalue weighted by Crippen LogP contribution is -2.44. The first-order valence-electron chi connectivity index (χ1n) is 5.31. The first kappa shape index (κ1) is 12.4. The van der Waals surface area contributed by atoms with Gasteiger partial charge in [0.1, 0.15) is 0 Å². The van der Waals surface area contributed by atoms with Gasteiger partial charge in [-0.1, -0.05) is 6.92 Å². The van der Waals surface area contributed by atoms with E-state index in [0.717, 1.165) is 19.6 Å². The van der Waals surface area contributed by atoms with Gasteiger partial charge in [0.2, 0.25) is 0 Å². The van der Waals surface area contributed by atoms with Crippen LogP contribution in [0.2, 0.25) is 0 Å². The van der Waals surface area contributed by atoms with Crippen LogP contribution < -0.4 is 0 Å². The molecular formula is C10H19NO4. The number of carboxylic acid groups (broad SMARTS) is 1. The van der Waals surface area contributed by atoms with Crippen LogP contribution in [0.25, 0.3) is 0 Å². The highest BCUT2D eigenvalue weighted by Gasteiger charge is 2.21. The molecule has 5 nitrogen and oxygen atoms in total. The van der Waals surface area contributed by atoms with Crippen molar-refractivity contribution in [1.29, 1.82) is 0 Å². The fraction of sp³-hybridized carbons (Fsp3) is 0.900. The lowest BCUT2D eigenvalue weighted by atomic mass is 10.3. The van der Waals surface area contributed by atoms with Crippen LogP contribution in [0.4, 0.5) is 0 Å². The van der Waals surface area contributed by atoms with E-state index in [1.165, 1.54) is 6.92 Å². The van der Waals surface area contributed by atoms with Crippen molar-refractivity contribution in [3.8, 4) is 0 Å². The molecule has 0 aliphatic carbocycles. The minimum Gasteiger partial charge on any atom is -0.479 e. The van der Waals surface area contributed by atoms with E-state index in [4.69, 9.17) is 14.6 Å². The van der Waals surface area contributed by atoms with Crippen LogP contribution in [0.3, 0.4) is 0 Å². The monoisotopic (exact) mass is 217 g/mol. The van der Waals surface area contributed by atoms with Crippen molar-refractivity contribution < 1.29 is 19.4 Å². The van der Waals surface area contributed by atoms with Crippen molar-refractivity contribution >= 4 is 5.97 Å². The summed E-state index contributed by atoms with van der Waals surface area (Å²) in [5, 5.41) is 8.63. The average molecular weight is 217 g/mol. The minimum atomic E-state index is -0.932. The van der Waals surface area contributed by atoms with Crippen molar-refractivity contribution in [2.45, 2.75) is 26.1 Å². The van der Waals surface area contributed by atoms with Crippen LogP contribution in [-0.4, -0.2) is 61.0 Å². The fourth-order valence-electron chi connectivity index (χ4n) is 1.49. The second-order valence-electron chi connectivity index (χ2n) is 3.70. The number of rotatable bonds is 5. The van der Waals surface area contributed by atoms with Gasteiger partial charge in [0.25, 0.3) is 0 Å². The zero-order chi connectivity index (χ0) is 11.3. The standard InChI is InChI=1S/C10H19NO4/c1-3-11-4-5-14-9(6-11)7-15-8(2)10(12)13/h8-9H,3-7H2,1-2H3,(H,12,13). The molecular weight excluding hydrogens is 198 g/mol. The van der Waals surface area contributed by atoms with Gasteiger partial charge >= 0.3 is 5.97 Å². The van der Waals surface area contributed by atoms with Gasteiger partial charge in [-0.05, 0) is 13.5 Å². The van der Waals surface area contributed by atoms with E-state index in [2.05, 4.69) is 11.8 Å². The summed E-state index contributed by atoms with van der Waals surface area (Å²) in [5.74, 6) is -0.932. The van der Waals surface area contributed by atoms with E-state index in [1.807, 2.05) is 0 Å². The highest BCUT2D eigenvalue weighted by Crippen LogP contribution is 2.06. The van der Waals surface area contributed by atoms with Gasteiger partial charge in [-0.3, -0.25) is 4.90 Å². The van der Waals surface area contributed by atoms with Gasteiger partial charge in [-0.15, -0.1) is 0 Å². The molecule has 1 fully saturated rings. The average Bonchev–Trinajstić information content (AvgIpc) is 2.26. The summed E-state index contributed by atoms with van der Waals surface area (Å²) >= 11 is 0. The number of morpholine rings is 1. The molecule has 1 heterocycles. The molecule has 0 amide bonds. The van der Waals surface area contributed by atoms with Crippen LogP contribution in [0, 0.1) is 0 Å². The Hall–Kier alpha value is -0.650. The largest absolute Gasteiger partial charge is 0.479 e. The number of nitrogens with zero attached hydrogens (tertiary/aromatic N) is 1. The lowest BCUT2D eigenvalue weighted by molar-refractivity contribution is -0.153. The topological polar surface area (TPSA) is 59.0 Å². The number of likely N-dealkylation sites (N-methyl/N-ethyl adjacent to an activating group) is 1. The van der Waals surface area contributed by atoms with Gasteiger partial charge < -0.3 is 14.6 Å². The maximum Gasteiger partial charge on any atom is 0.332 e. The van der Waals surface area contributed by atoms with E-state index >= 15 is 0 Å². The second kappa shape index (κ2) is 6.05. The Morgan fingerprint density at radius 1 is 1.73 bits per heavy atom. The molecule has 0 bridgehead atoms. The van der Waals surface area contributed by atoms with Crippen LogP contribution in [0.15, 0.2) is 0 Å². The van der Waals surface area contributed by atoms with Crippen molar-refractivity contribution in [1.82, 2.24) is 4.90 Å². The molecule has 5 heteroatoms. The summed E-state index contributed by atoms with van der Waals surface area (Å²) in [4.78, 5) is 12.8. The summed E-state index contributed by atoms with van der Waals surface area (Å²) in [6.45, 7) is 7.44. The molecule has 88 valence electrons. The minimum absolute atomic E-state index is 0.000463. The first-order chi connectivity index (χ1) is 7.13. The zero-order valence-electron chi connectivity index (χ0n) is 9.31. The van der Waals surface area contributed by atoms with E-state index in [-0.39, 0.29) is 6.10 Å². The molecule has 0 spiro atoms. The van der Waals surface area contributed by atoms with Crippen molar-refractivity contribution in [3.63, 3.8) is 0 Å². The van der Waals surface area contributed by atoms with Gasteiger partial charge in [-0.25, -0.2) is 4.79 Å². The summed E-state index contributed by atoms with van der Waals surface area (Å²) in [6, 6.07) is 0. The van der Waals surface area contributed by atoms with E-state index in [1.54, 1.807) is 0 Å². The van der Waals surface area contributed by atoms with Gasteiger partial charge in [0.15, 0.2) is 6.10 Å². The summed E-state index contributed by atoms with van der Waals surface area (Å²) in [5.41, 5.74) is 0. The Morgan fingerprint density at radius 2 is 2.47 bits per heavy atom. The van der Waals surface area contributed by atoms with Gasteiger partial charge in [0, 0.05) is 13.1 Å². The number of carbonyl (C=O) groups is 1. The number of hydrogen-bond donors (Lipinski definition) is 1. The maximum absolute atomic E-state index is 10.5. The molecule has 15 heavy (non-hydrogen) atoms. The summed E-state index contributed by atoms with van der Waals surface area (Å²) in [6.07, 6.45) is -0.758. The predicted molar refractivity (Wildman–Crippen MR) is 54.9 cm³/mol. The normalized spacial score (nSPS) is 25.1. The van der Waals surface area contributed by atoms with Gasteiger partial charge in [-0.2, -0.15) is 0 Å². The van der Waals surface area contributed by atoms with Crippen LogP contribution >= 0.6 is 0 Å². The fourth-order valence-corrected chi connectivity index (χ4v) is 1.49.